The van der Waals surface area contributed by atoms with Crippen molar-refractivity contribution in [1.29, 1.82) is 0 Å². The molecule has 2 atom stereocenters. The lowest BCUT2D eigenvalue weighted by Gasteiger charge is -2.20. The first kappa shape index (κ1) is 12.1. The molecule has 1 aliphatic heterocycles. The number of carboxylic acid groups (broad SMARTS) is 1. The summed E-state index contributed by atoms with van der Waals surface area (Å²) in [5.41, 5.74) is 1.19. The molecule has 0 radical (unpaired) electrons. The van der Waals surface area contributed by atoms with Crippen LogP contribution in [0.5, 0.6) is 0 Å². The van der Waals surface area contributed by atoms with Crippen molar-refractivity contribution in [2.45, 2.75) is 25.0 Å². The Labute approximate surface area is 100 Å². The summed E-state index contributed by atoms with van der Waals surface area (Å²) in [7, 11) is 0. The van der Waals surface area contributed by atoms with Gasteiger partial charge in [-0.3, -0.25) is 9.69 Å². The molecule has 2 unspecified atom stereocenters. The van der Waals surface area contributed by atoms with Crippen LogP contribution in [-0.2, 0) is 11.2 Å². The van der Waals surface area contributed by atoms with Gasteiger partial charge in [0.2, 0.25) is 0 Å². The number of benzene rings is 1. The van der Waals surface area contributed by atoms with E-state index in [1.165, 1.54) is 5.56 Å². The minimum absolute atomic E-state index is 0.337. The van der Waals surface area contributed by atoms with Crippen LogP contribution in [0.15, 0.2) is 30.3 Å². The molecule has 0 bridgehead atoms. The van der Waals surface area contributed by atoms with Gasteiger partial charge in [0.25, 0.3) is 0 Å². The van der Waals surface area contributed by atoms with Gasteiger partial charge in [0.15, 0.2) is 0 Å². The Bertz CT molecular complexity index is 380. The van der Waals surface area contributed by atoms with Gasteiger partial charge >= 0.3 is 5.97 Å². The molecule has 1 aromatic rings. The standard InChI is InChI=1S/C13H17NO3/c15-11-8-12(13(16)17)14(9-11)7-6-10-4-2-1-3-5-10/h1-5,11-12,15H,6-9H2,(H,16,17). The van der Waals surface area contributed by atoms with E-state index in [4.69, 9.17) is 5.11 Å². The van der Waals surface area contributed by atoms with Crippen molar-refractivity contribution in [3.8, 4) is 0 Å². The number of likely N-dealkylation sites (tertiary alicyclic amines) is 1. The fourth-order valence-corrected chi connectivity index (χ4v) is 2.30. The maximum atomic E-state index is 11.0. The van der Waals surface area contributed by atoms with E-state index in [0.29, 0.717) is 19.5 Å². The molecule has 17 heavy (non-hydrogen) atoms. The van der Waals surface area contributed by atoms with E-state index in [2.05, 4.69) is 0 Å². The number of nitrogens with zero attached hydrogens (tertiary/aromatic N) is 1. The molecule has 92 valence electrons. The molecule has 0 saturated carbocycles. The van der Waals surface area contributed by atoms with Gasteiger partial charge in [-0.2, -0.15) is 0 Å². The SMILES string of the molecule is O=C(O)C1CC(O)CN1CCc1ccccc1. The van der Waals surface area contributed by atoms with Crippen LogP contribution in [0.1, 0.15) is 12.0 Å². The second kappa shape index (κ2) is 5.29. The predicted molar refractivity (Wildman–Crippen MR) is 63.8 cm³/mol. The zero-order valence-corrected chi connectivity index (χ0v) is 9.62. The lowest BCUT2D eigenvalue weighted by Crippen LogP contribution is -2.37. The van der Waals surface area contributed by atoms with Gasteiger partial charge in [0.05, 0.1) is 6.10 Å². The van der Waals surface area contributed by atoms with E-state index in [1.54, 1.807) is 0 Å². The van der Waals surface area contributed by atoms with E-state index in [9.17, 15) is 9.90 Å². The average molecular weight is 235 g/mol. The highest BCUT2D eigenvalue weighted by Crippen LogP contribution is 2.18. The van der Waals surface area contributed by atoms with Gasteiger partial charge in [0.1, 0.15) is 6.04 Å². The van der Waals surface area contributed by atoms with Crippen LogP contribution in [0.25, 0.3) is 0 Å². The molecular weight excluding hydrogens is 218 g/mol. The van der Waals surface area contributed by atoms with Crippen molar-refractivity contribution < 1.29 is 15.0 Å². The Morgan fingerprint density at radius 1 is 1.35 bits per heavy atom. The minimum Gasteiger partial charge on any atom is -0.480 e. The number of rotatable bonds is 4. The third kappa shape index (κ3) is 3.05. The lowest BCUT2D eigenvalue weighted by molar-refractivity contribution is -0.142. The molecule has 0 aliphatic carbocycles. The van der Waals surface area contributed by atoms with Gasteiger partial charge in [-0.15, -0.1) is 0 Å². The van der Waals surface area contributed by atoms with Gasteiger partial charge in [-0.05, 0) is 12.0 Å². The Hall–Kier alpha value is -1.39. The van der Waals surface area contributed by atoms with Gasteiger partial charge < -0.3 is 10.2 Å². The topological polar surface area (TPSA) is 60.8 Å². The molecular formula is C13H17NO3. The van der Waals surface area contributed by atoms with Crippen LogP contribution < -0.4 is 0 Å². The average Bonchev–Trinajstić information content (AvgIpc) is 2.69. The van der Waals surface area contributed by atoms with Crippen LogP contribution in [-0.4, -0.2) is 46.3 Å². The maximum Gasteiger partial charge on any atom is 0.321 e. The first-order valence-electron chi connectivity index (χ1n) is 5.85. The molecule has 0 amide bonds. The van der Waals surface area contributed by atoms with Crippen LogP contribution >= 0.6 is 0 Å². The molecule has 1 saturated heterocycles. The summed E-state index contributed by atoms with van der Waals surface area (Å²) in [6.45, 7) is 1.14. The Balaban J connectivity index is 1.92. The fourth-order valence-electron chi connectivity index (χ4n) is 2.30. The number of aliphatic carboxylic acids is 1. The second-order valence-corrected chi connectivity index (χ2v) is 4.47. The van der Waals surface area contributed by atoms with Gasteiger partial charge in [-0.25, -0.2) is 0 Å². The van der Waals surface area contributed by atoms with Crippen molar-refractivity contribution in [2.24, 2.45) is 0 Å². The summed E-state index contributed by atoms with van der Waals surface area (Å²) in [4.78, 5) is 12.9. The number of β-amino-alcohol motifs (C(OH)–C–C–N with tert-alkyl or cyclic N) is 1. The molecule has 2 N–H and O–H groups in total. The first-order chi connectivity index (χ1) is 8.16. The number of carbonyl (C=O) groups is 1. The number of aliphatic hydroxyl groups excluding tert-OH is 1. The second-order valence-electron chi connectivity index (χ2n) is 4.47. The molecule has 4 heteroatoms. The zero-order chi connectivity index (χ0) is 12.3. The highest BCUT2D eigenvalue weighted by Gasteiger charge is 2.35. The summed E-state index contributed by atoms with van der Waals surface area (Å²) in [6.07, 6.45) is 0.647. The lowest BCUT2D eigenvalue weighted by atomic mass is 10.1. The molecule has 1 fully saturated rings. The van der Waals surface area contributed by atoms with E-state index in [0.717, 1.165) is 6.42 Å². The molecule has 4 nitrogen and oxygen atoms in total. The van der Waals surface area contributed by atoms with Gasteiger partial charge in [0, 0.05) is 19.5 Å². The van der Waals surface area contributed by atoms with Crippen LogP contribution in [0.3, 0.4) is 0 Å². The van der Waals surface area contributed by atoms with Gasteiger partial charge in [-0.1, -0.05) is 30.3 Å². The normalized spacial score (nSPS) is 25.0. The quantitative estimate of drug-likeness (QED) is 0.808. The first-order valence-corrected chi connectivity index (χ1v) is 5.85. The van der Waals surface area contributed by atoms with E-state index < -0.39 is 18.1 Å². The summed E-state index contributed by atoms with van der Waals surface area (Å²) in [5.74, 6) is -0.838. The summed E-state index contributed by atoms with van der Waals surface area (Å²) in [5, 5.41) is 18.6. The highest BCUT2D eigenvalue weighted by molar-refractivity contribution is 5.74. The smallest absolute Gasteiger partial charge is 0.321 e. The Morgan fingerprint density at radius 2 is 2.06 bits per heavy atom. The zero-order valence-electron chi connectivity index (χ0n) is 9.62. The van der Waals surface area contributed by atoms with Crippen molar-refractivity contribution in [2.75, 3.05) is 13.1 Å². The van der Waals surface area contributed by atoms with E-state index in [1.807, 2.05) is 35.2 Å². The summed E-state index contributed by atoms with van der Waals surface area (Å²) >= 11 is 0. The van der Waals surface area contributed by atoms with Crippen LogP contribution in [0, 0.1) is 0 Å². The minimum atomic E-state index is -0.838. The van der Waals surface area contributed by atoms with E-state index >= 15 is 0 Å². The van der Waals surface area contributed by atoms with Crippen molar-refractivity contribution in [1.82, 2.24) is 4.90 Å². The van der Waals surface area contributed by atoms with Crippen LogP contribution in [0.2, 0.25) is 0 Å². The monoisotopic (exact) mass is 235 g/mol. The Kier molecular flexibility index (Phi) is 3.76. The molecule has 0 spiro atoms. The largest absolute Gasteiger partial charge is 0.480 e. The predicted octanol–water partition coefficient (Wildman–Crippen LogP) is 0.749. The molecule has 2 rings (SSSR count). The fraction of sp³-hybridized carbons (Fsp3) is 0.462. The maximum absolute atomic E-state index is 11.0. The third-order valence-electron chi connectivity index (χ3n) is 3.20. The van der Waals surface area contributed by atoms with Crippen molar-refractivity contribution >= 4 is 5.97 Å². The van der Waals surface area contributed by atoms with Crippen molar-refractivity contribution in [3.63, 3.8) is 0 Å². The molecule has 1 aromatic carbocycles. The number of carboxylic acids is 1. The van der Waals surface area contributed by atoms with Crippen molar-refractivity contribution in [3.05, 3.63) is 35.9 Å². The molecule has 1 heterocycles. The Morgan fingerprint density at radius 3 is 2.71 bits per heavy atom. The summed E-state index contributed by atoms with van der Waals surface area (Å²) in [6, 6.07) is 9.44. The van der Waals surface area contributed by atoms with E-state index in [-0.39, 0.29) is 0 Å². The number of hydrogen-bond donors (Lipinski definition) is 2. The highest BCUT2D eigenvalue weighted by atomic mass is 16.4. The third-order valence-corrected chi connectivity index (χ3v) is 3.20. The molecule has 1 aliphatic rings. The molecule has 0 aromatic heterocycles. The number of aliphatic hydroxyl groups is 1. The summed E-state index contributed by atoms with van der Waals surface area (Å²) < 4.78 is 0. The van der Waals surface area contributed by atoms with Crippen LogP contribution in [0.4, 0.5) is 0 Å². The number of hydrogen-bond acceptors (Lipinski definition) is 3.